The van der Waals surface area contributed by atoms with Gasteiger partial charge in [-0.3, -0.25) is 9.59 Å². The number of amides is 1. The molecule has 0 spiro atoms. The highest BCUT2D eigenvalue weighted by molar-refractivity contribution is 5.76. The third-order valence-corrected chi connectivity index (χ3v) is 3.33. The van der Waals surface area contributed by atoms with Crippen LogP contribution in [0.15, 0.2) is 0 Å². The van der Waals surface area contributed by atoms with E-state index in [2.05, 4.69) is 0 Å². The van der Waals surface area contributed by atoms with E-state index >= 15 is 0 Å². The normalized spacial score (nSPS) is 16.3. The summed E-state index contributed by atoms with van der Waals surface area (Å²) in [5.74, 6) is -0.0552. The fourth-order valence-electron chi connectivity index (χ4n) is 2.21. The van der Waals surface area contributed by atoms with Crippen LogP contribution in [0.2, 0.25) is 0 Å². The number of rotatable bonds is 6. The van der Waals surface area contributed by atoms with E-state index in [1.54, 1.807) is 7.05 Å². The van der Waals surface area contributed by atoms with E-state index in [0.29, 0.717) is 13.0 Å². The SMILES string of the molecule is CN(CCC(=O)O)C(=O)CCC1CCCC1. The van der Waals surface area contributed by atoms with Crippen molar-refractivity contribution >= 4 is 11.9 Å². The molecule has 1 aliphatic rings. The second kappa shape index (κ2) is 6.51. The highest BCUT2D eigenvalue weighted by Crippen LogP contribution is 2.28. The zero-order valence-electron chi connectivity index (χ0n) is 9.95. The predicted molar refractivity (Wildman–Crippen MR) is 61.1 cm³/mol. The molecule has 0 aromatic heterocycles. The molecular formula is C12H21NO3. The van der Waals surface area contributed by atoms with E-state index in [1.165, 1.54) is 30.6 Å². The minimum Gasteiger partial charge on any atom is -0.481 e. The molecule has 0 radical (unpaired) electrons. The monoisotopic (exact) mass is 227 g/mol. The van der Waals surface area contributed by atoms with Crippen LogP contribution >= 0.6 is 0 Å². The third-order valence-electron chi connectivity index (χ3n) is 3.33. The summed E-state index contributed by atoms with van der Waals surface area (Å²) >= 11 is 0. The van der Waals surface area contributed by atoms with Gasteiger partial charge in [0.2, 0.25) is 5.91 Å². The summed E-state index contributed by atoms with van der Waals surface area (Å²) < 4.78 is 0. The molecular weight excluding hydrogens is 206 g/mol. The topological polar surface area (TPSA) is 57.6 Å². The van der Waals surface area contributed by atoms with Crippen molar-refractivity contribution in [2.24, 2.45) is 5.92 Å². The van der Waals surface area contributed by atoms with Crippen LogP contribution in [0, 0.1) is 5.92 Å². The van der Waals surface area contributed by atoms with Crippen LogP contribution in [-0.2, 0) is 9.59 Å². The van der Waals surface area contributed by atoms with Crippen LogP contribution in [0.1, 0.15) is 44.9 Å². The molecule has 1 N–H and O–H groups in total. The molecule has 4 nitrogen and oxygen atoms in total. The minimum absolute atomic E-state index is 0.0334. The number of carbonyl (C=O) groups is 2. The van der Waals surface area contributed by atoms with Crippen LogP contribution in [-0.4, -0.2) is 35.5 Å². The molecule has 1 rings (SSSR count). The molecule has 0 aliphatic heterocycles. The average molecular weight is 227 g/mol. The third kappa shape index (κ3) is 4.64. The average Bonchev–Trinajstić information content (AvgIpc) is 2.75. The molecule has 1 aliphatic carbocycles. The van der Waals surface area contributed by atoms with E-state index in [1.807, 2.05) is 0 Å². The van der Waals surface area contributed by atoms with Crippen molar-refractivity contribution in [2.75, 3.05) is 13.6 Å². The summed E-state index contributed by atoms with van der Waals surface area (Å²) in [5.41, 5.74) is 0. The highest BCUT2D eigenvalue weighted by atomic mass is 16.4. The number of aliphatic carboxylic acids is 1. The van der Waals surface area contributed by atoms with Gasteiger partial charge in [0.25, 0.3) is 0 Å². The van der Waals surface area contributed by atoms with Crippen molar-refractivity contribution in [3.8, 4) is 0 Å². The van der Waals surface area contributed by atoms with Crippen LogP contribution in [0.25, 0.3) is 0 Å². The first kappa shape index (κ1) is 13.0. The summed E-state index contributed by atoms with van der Waals surface area (Å²) in [6.45, 7) is 0.318. The Labute approximate surface area is 96.6 Å². The Morgan fingerprint density at radius 2 is 1.88 bits per heavy atom. The van der Waals surface area contributed by atoms with Crippen molar-refractivity contribution < 1.29 is 14.7 Å². The van der Waals surface area contributed by atoms with Gasteiger partial charge in [0.05, 0.1) is 6.42 Å². The van der Waals surface area contributed by atoms with Gasteiger partial charge in [0, 0.05) is 20.0 Å². The van der Waals surface area contributed by atoms with Crippen LogP contribution < -0.4 is 0 Å². The zero-order chi connectivity index (χ0) is 12.0. The zero-order valence-corrected chi connectivity index (χ0v) is 9.95. The van der Waals surface area contributed by atoms with Crippen LogP contribution in [0.4, 0.5) is 0 Å². The van der Waals surface area contributed by atoms with Gasteiger partial charge in [-0.1, -0.05) is 25.7 Å². The van der Waals surface area contributed by atoms with Gasteiger partial charge in [-0.05, 0) is 12.3 Å². The fraction of sp³-hybridized carbons (Fsp3) is 0.833. The lowest BCUT2D eigenvalue weighted by atomic mass is 10.0. The lowest BCUT2D eigenvalue weighted by Crippen LogP contribution is -2.29. The molecule has 0 aromatic rings. The second-order valence-corrected chi connectivity index (χ2v) is 4.65. The summed E-state index contributed by atoms with van der Waals surface area (Å²) in [7, 11) is 1.68. The fourth-order valence-corrected chi connectivity index (χ4v) is 2.21. The van der Waals surface area contributed by atoms with Gasteiger partial charge < -0.3 is 10.0 Å². The Morgan fingerprint density at radius 1 is 1.25 bits per heavy atom. The first-order valence-corrected chi connectivity index (χ1v) is 6.05. The number of nitrogens with zero attached hydrogens (tertiary/aromatic N) is 1. The Bertz CT molecular complexity index is 247. The van der Waals surface area contributed by atoms with E-state index in [0.717, 1.165) is 12.3 Å². The number of carboxylic acids is 1. The Balaban J connectivity index is 2.15. The Morgan fingerprint density at radius 3 is 2.44 bits per heavy atom. The quantitative estimate of drug-likeness (QED) is 0.753. The number of carbonyl (C=O) groups excluding carboxylic acids is 1. The van der Waals surface area contributed by atoms with Crippen molar-refractivity contribution in [3.05, 3.63) is 0 Å². The number of hydrogen-bond donors (Lipinski definition) is 1. The van der Waals surface area contributed by atoms with Crippen LogP contribution in [0.5, 0.6) is 0 Å². The molecule has 1 fully saturated rings. The second-order valence-electron chi connectivity index (χ2n) is 4.65. The first-order chi connectivity index (χ1) is 7.59. The standard InChI is InChI=1S/C12H21NO3/c1-13(9-8-12(15)16)11(14)7-6-10-4-2-3-5-10/h10H,2-9H2,1H3,(H,15,16). The lowest BCUT2D eigenvalue weighted by molar-refractivity contribution is -0.138. The molecule has 4 heteroatoms. The van der Waals surface area contributed by atoms with E-state index in [9.17, 15) is 9.59 Å². The molecule has 0 atom stereocenters. The first-order valence-electron chi connectivity index (χ1n) is 6.05. The van der Waals surface area contributed by atoms with Crippen molar-refractivity contribution in [3.63, 3.8) is 0 Å². The molecule has 1 saturated carbocycles. The van der Waals surface area contributed by atoms with Crippen molar-refractivity contribution in [1.29, 1.82) is 0 Å². The molecule has 0 heterocycles. The van der Waals surface area contributed by atoms with E-state index < -0.39 is 5.97 Å². The summed E-state index contributed by atoms with van der Waals surface area (Å²) in [5, 5.41) is 8.51. The van der Waals surface area contributed by atoms with Gasteiger partial charge in [-0.15, -0.1) is 0 Å². The maximum atomic E-state index is 11.6. The van der Waals surface area contributed by atoms with E-state index in [4.69, 9.17) is 5.11 Å². The van der Waals surface area contributed by atoms with Gasteiger partial charge in [-0.2, -0.15) is 0 Å². The van der Waals surface area contributed by atoms with Crippen molar-refractivity contribution in [1.82, 2.24) is 4.90 Å². The molecule has 0 unspecified atom stereocenters. The maximum Gasteiger partial charge on any atom is 0.305 e. The van der Waals surface area contributed by atoms with Crippen molar-refractivity contribution in [2.45, 2.75) is 44.9 Å². The lowest BCUT2D eigenvalue weighted by Gasteiger charge is -2.17. The van der Waals surface area contributed by atoms with Gasteiger partial charge in [0.15, 0.2) is 0 Å². The molecule has 92 valence electrons. The largest absolute Gasteiger partial charge is 0.481 e. The van der Waals surface area contributed by atoms with Gasteiger partial charge in [0.1, 0.15) is 0 Å². The molecule has 16 heavy (non-hydrogen) atoms. The summed E-state index contributed by atoms with van der Waals surface area (Å²) in [6, 6.07) is 0. The molecule has 0 bridgehead atoms. The summed E-state index contributed by atoms with van der Waals surface area (Å²) in [6.07, 6.45) is 6.68. The molecule has 0 saturated heterocycles. The smallest absolute Gasteiger partial charge is 0.305 e. The highest BCUT2D eigenvalue weighted by Gasteiger charge is 2.17. The van der Waals surface area contributed by atoms with Crippen LogP contribution in [0.3, 0.4) is 0 Å². The molecule has 0 aromatic carbocycles. The molecule has 1 amide bonds. The summed E-state index contributed by atoms with van der Waals surface area (Å²) in [4.78, 5) is 23.5. The predicted octanol–water partition coefficient (Wildman–Crippen LogP) is 1.89. The minimum atomic E-state index is -0.851. The van der Waals surface area contributed by atoms with Gasteiger partial charge >= 0.3 is 5.97 Å². The number of carboxylic acid groups (broad SMARTS) is 1. The van der Waals surface area contributed by atoms with Gasteiger partial charge in [-0.25, -0.2) is 0 Å². The maximum absolute atomic E-state index is 11.6. The van der Waals surface area contributed by atoms with E-state index in [-0.39, 0.29) is 12.3 Å². The Kier molecular flexibility index (Phi) is 5.29. The Hall–Kier alpha value is -1.06. The number of hydrogen-bond acceptors (Lipinski definition) is 2.